The lowest BCUT2D eigenvalue weighted by Gasteiger charge is -2.04. The number of ether oxygens (including phenoxy) is 1. The van der Waals surface area contributed by atoms with E-state index in [1.54, 1.807) is 11.3 Å². The Balaban J connectivity index is 1.38. The highest BCUT2D eigenvalue weighted by Gasteiger charge is 2.21. The van der Waals surface area contributed by atoms with Gasteiger partial charge in [0.05, 0.1) is 15.1 Å². The van der Waals surface area contributed by atoms with Gasteiger partial charge in [-0.05, 0) is 60.3 Å². The lowest BCUT2D eigenvalue weighted by molar-refractivity contribution is 0.254. The molecule has 6 aromatic rings. The second-order valence-electron chi connectivity index (χ2n) is 8.69. The van der Waals surface area contributed by atoms with Gasteiger partial charge in [-0.15, -0.1) is 16.4 Å². The van der Waals surface area contributed by atoms with Crippen LogP contribution in [0, 0.1) is 0 Å². The molecule has 0 bridgehead atoms. The Morgan fingerprint density at radius 1 is 1.08 bits per heavy atom. The first-order chi connectivity index (χ1) is 17.6. The summed E-state index contributed by atoms with van der Waals surface area (Å²) in [7, 11) is 0. The maximum atomic E-state index is 13.2. The minimum absolute atomic E-state index is 0.167. The first kappa shape index (κ1) is 21.2. The molecular weight excluding hydrogens is 490 g/mol. The summed E-state index contributed by atoms with van der Waals surface area (Å²) in [5.74, 6) is 1.50. The molecule has 7 nitrogen and oxygen atoms in total. The van der Waals surface area contributed by atoms with Crippen LogP contribution in [0.1, 0.15) is 18.1 Å². The molecule has 0 amide bonds. The van der Waals surface area contributed by atoms with E-state index in [9.17, 15) is 4.79 Å². The molecule has 0 fully saturated rings. The van der Waals surface area contributed by atoms with Gasteiger partial charge in [0.2, 0.25) is 4.96 Å². The third-order valence-corrected chi connectivity index (χ3v) is 7.97. The van der Waals surface area contributed by atoms with Crippen molar-refractivity contribution in [3.63, 3.8) is 0 Å². The van der Waals surface area contributed by atoms with Crippen molar-refractivity contribution in [3.8, 4) is 33.4 Å². The molecule has 0 N–H and O–H groups in total. The smallest absolute Gasteiger partial charge is 0.291 e. The Kier molecular flexibility index (Phi) is 4.86. The van der Waals surface area contributed by atoms with Gasteiger partial charge in [0, 0.05) is 23.7 Å². The zero-order chi connectivity index (χ0) is 24.2. The van der Waals surface area contributed by atoms with E-state index in [1.807, 2.05) is 76.9 Å². The second kappa shape index (κ2) is 8.25. The number of rotatable bonds is 4. The van der Waals surface area contributed by atoms with Gasteiger partial charge >= 0.3 is 0 Å². The van der Waals surface area contributed by atoms with Crippen LogP contribution in [-0.2, 0) is 6.42 Å². The fourth-order valence-electron chi connectivity index (χ4n) is 4.48. The molecule has 4 aromatic heterocycles. The van der Waals surface area contributed by atoms with E-state index in [4.69, 9.17) is 9.84 Å². The Bertz CT molecular complexity index is 1830. The van der Waals surface area contributed by atoms with Crippen molar-refractivity contribution in [1.82, 2.24) is 24.4 Å². The van der Waals surface area contributed by atoms with Crippen molar-refractivity contribution in [1.29, 1.82) is 0 Å². The molecule has 0 saturated heterocycles. The number of hydrogen-bond acceptors (Lipinski definition) is 7. The summed E-state index contributed by atoms with van der Waals surface area (Å²) in [5.41, 5.74) is 4.58. The zero-order valence-electron chi connectivity index (χ0n) is 19.2. The summed E-state index contributed by atoms with van der Waals surface area (Å²) in [6.45, 7) is 2.07. The van der Waals surface area contributed by atoms with E-state index in [0.29, 0.717) is 15.3 Å². The molecule has 1 atom stereocenters. The molecule has 0 radical (unpaired) electrons. The number of aromatic nitrogens is 5. The maximum Gasteiger partial charge on any atom is 0.291 e. The molecule has 7 rings (SSSR count). The number of thiazole rings is 1. The van der Waals surface area contributed by atoms with Crippen LogP contribution >= 0.6 is 22.7 Å². The SMILES string of the molecule is C[C@@H]1Cc2cc(-c3nn(-c4ccccc4)cc3/C=c3\sc4nc(-c5cccs5)nn4c3=O)ccc2O1. The van der Waals surface area contributed by atoms with Gasteiger partial charge in [-0.3, -0.25) is 4.79 Å². The van der Waals surface area contributed by atoms with Crippen molar-refractivity contribution in [2.75, 3.05) is 0 Å². The first-order valence-corrected chi connectivity index (χ1v) is 13.2. The summed E-state index contributed by atoms with van der Waals surface area (Å²) in [4.78, 5) is 19.3. The third kappa shape index (κ3) is 3.55. The Hall–Kier alpha value is -4.08. The van der Waals surface area contributed by atoms with Crippen LogP contribution in [0.5, 0.6) is 5.75 Å². The molecule has 1 aliphatic heterocycles. The standard InChI is InChI=1S/C27H19N5O2S2/c1-16-12-18-13-17(9-10-21(18)34-16)24-19(15-31(29-24)20-6-3-2-4-7-20)14-23-26(33)32-27(36-23)28-25(30-32)22-8-5-11-35-22/h2-11,13-16H,12H2,1H3/b23-14-/t16-/m1/s1. The van der Waals surface area contributed by atoms with Crippen LogP contribution in [0.15, 0.2) is 77.0 Å². The molecule has 0 saturated carbocycles. The van der Waals surface area contributed by atoms with Gasteiger partial charge in [0.15, 0.2) is 5.82 Å². The van der Waals surface area contributed by atoms with Crippen LogP contribution in [0.3, 0.4) is 0 Å². The molecule has 0 spiro atoms. The summed E-state index contributed by atoms with van der Waals surface area (Å²) >= 11 is 2.89. The summed E-state index contributed by atoms with van der Waals surface area (Å²) in [5, 5.41) is 11.3. The van der Waals surface area contributed by atoms with Gasteiger partial charge in [0.25, 0.3) is 5.56 Å². The maximum absolute atomic E-state index is 13.2. The molecule has 2 aromatic carbocycles. The van der Waals surface area contributed by atoms with Crippen molar-refractivity contribution >= 4 is 33.7 Å². The third-order valence-electron chi connectivity index (χ3n) is 6.14. The Morgan fingerprint density at radius 2 is 1.97 bits per heavy atom. The largest absolute Gasteiger partial charge is 0.490 e. The highest BCUT2D eigenvalue weighted by Crippen LogP contribution is 2.34. The van der Waals surface area contributed by atoms with Crippen LogP contribution in [0.4, 0.5) is 0 Å². The van der Waals surface area contributed by atoms with Crippen molar-refractivity contribution < 1.29 is 4.74 Å². The highest BCUT2D eigenvalue weighted by atomic mass is 32.1. The van der Waals surface area contributed by atoms with Crippen molar-refractivity contribution in [2.45, 2.75) is 19.4 Å². The molecule has 1 aliphatic rings. The second-order valence-corrected chi connectivity index (χ2v) is 10.6. The monoisotopic (exact) mass is 509 g/mol. The molecule has 0 unspecified atom stereocenters. The number of thiophene rings is 1. The molecule has 5 heterocycles. The number of nitrogens with zero attached hydrogens (tertiary/aromatic N) is 5. The van der Waals surface area contributed by atoms with E-state index < -0.39 is 0 Å². The van der Waals surface area contributed by atoms with Crippen LogP contribution in [0.2, 0.25) is 0 Å². The van der Waals surface area contributed by atoms with Crippen LogP contribution < -0.4 is 14.8 Å². The number of benzene rings is 2. The lowest BCUT2D eigenvalue weighted by Crippen LogP contribution is -2.23. The van der Waals surface area contributed by atoms with Gasteiger partial charge in [-0.1, -0.05) is 35.6 Å². The Labute approximate surface area is 213 Å². The zero-order valence-corrected chi connectivity index (χ0v) is 20.8. The molecule has 176 valence electrons. The molecule has 36 heavy (non-hydrogen) atoms. The summed E-state index contributed by atoms with van der Waals surface area (Å²) in [6, 6.07) is 20.0. The van der Waals surface area contributed by atoms with E-state index in [0.717, 1.165) is 39.6 Å². The minimum atomic E-state index is -0.181. The van der Waals surface area contributed by atoms with Gasteiger partial charge < -0.3 is 4.74 Å². The Morgan fingerprint density at radius 3 is 2.78 bits per heavy atom. The summed E-state index contributed by atoms with van der Waals surface area (Å²) < 4.78 is 9.69. The first-order valence-electron chi connectivity index (χ1n) is 11.5. The molecular formula is C27H19N5O2S2. The summed E-state index contributed by atoms with van der Waals surface area (Å²) in [6.07, 6.45) is 4.89. The lowest BCUT2D eigenvalue weighted by atomic mass is 10.0. The highest BCUT2D eigenvalue weighted by molar-refractivity contribution is 7.15. The van der Waals surface area contributed by atoms with Gasteiger partial charge in [0.1, 0.15) is 17.5 Å². The fraction of sp³-hybridized carbons (Fsp3) is 0.111. The van der Waals surface area contributed by atoms with Crippen LogP contribution in [-0.4, -0.2) is 30.5 Å². The van der Waals surface area contributed by atoms with E-state index in [1.165, 1.54) is 21.4 Å². The van der Waals surface area contributed by atoms with Crippen molar-refractivity contribution in [3.05, 3.63) is 98.3 Å². The molecule has 9 heteroatoms. The van der Waals surface area contributed by atoms with E-state index in [-0.39, 0.29) is 11.7 Å². The quantitative estimate of drug-likeness (QED) is 0.347. The normalized spacial score (nSPS) is 15.5. The van der Waals surface area contributed by atoms with Crippen molar-refractivity contribution in [2.24, 2.45) is 0 Å². The molecule has 0 aliphatic carbocycles. The topological polar surface area (TPSA) is 74.3 Å². The average molecular weight is 510 g/mol. The van der Waals surface area contributed by atoms with Crippen LogP contribution in [0.25, 0.3) is 38.7 Å². The van der Waals surface area contributed by atoms with E-state index >= 15 is 0 Å². The van der Waals surface area contributed by atoms with Gasteiger partial charge in [-0.2, -0.15) is 14.6 Å². The van der Waals surface area contributed by atoms with Gasteiger partial charge in [-0.25, -0.2) is 4.68 Å². The predicted octanol–water partition coefficient (Wildman–Crippen LogP) is 4.60. The van der Waals surface area contributed by atoms with E-state index in [2.05, 4.69) is 23.1 Å². The number of para-hydroxylation sites is 1. The predicted molar refractivity (Wildman–Crippen MR) is 142 cm³/mol. The average Bonchev–Trinajstić information content (AvgIpc) is 3.70. The number of hydrogen-bond donors (Lipinski definition) is 0. The number of fused-ring (bicyclic) bond motifs is 2. The fourth-order valence-corrected chi connectivity index (χ4v) is 6.04. The minimum Gasteiger partial charge on any atom is -0.490 e.